The Kier molecular flexibility index (Phi) is 5.48. The molecule has 0 bridgehead atoms. The molecule has 0 fully saturated rings. The third-order valence-electron chi connectivity index (χ3n) is 0.789. The van der Waals surface area contributed by atoms with Crippen LogP contribution in [0.15, 0.2) is 0 Å². The summed E-state index contributed by atoms with van der Waals surface area (Å²) in [7, 11) is 0. The van der Waals surface area contributed by atoms with Crippen molar-refractivity contribution in [1.29, 1.82) is 0 Å². The van der Waals surface area contributed by atoms with Crippen LogP contribution in [0.5, 0.6) is 0 Å². The quantitative estimate of drug-likeness (QED) is 0.721. The SMILES string of the molecule is OCC(CBr)C(Cl)Cl. The lowest BCUT2D eigenvalue weighted by Gasteiger charge is -2.09. The second-order valence-corrected chi connectivity index (χ2v) is 3.24. The van der Waals surface area contributed by atoms with Crippen molar-refractivity contribution in [2.75, 3.05) is 11.9 Å². The van der Waals surface area contributed by atoms with Crippen molar-refractivity contribution in [1.82, 2.24) is 0 Å². The van der Waals surface area contributed by atoms with Crippen LogP contribution in [0, 0.1) is 5.92 Å². The number of alkyl halides is 3. The Labute approximate surface area is 67.1 Å². The Hall–Kier alpha value is 1.02. The van der Waals surface area contributed by atoms with Gasteiger partial charge in [-0.25, -0.2) is 0 Å². The number of hydrogen-bond acceptors (Lipinski definition) is 1. The van der Waals surface area contributed by atoms with Gasteiger partial charge in [0.2, 0.25) is 0 Å². The van der Waals surface area contributed by atoms with E-state index in [1.807, 2.05) is 0 Å². The van der Waals surface area contributed by atoms with E-state index in [-0.39, 0.29) is 12.5 Å². The van der Waals surface area contributed by atoms with Crippen molar-refractivity contribution < 1.29 is 5.11 Å². The fourth-order valence-electron chi connectivity index (χ4n) is 0.196. The lowest BCUT2D eigenvalue weighted by atomic mass is 10.2. The van der Waals surface area contributed by atoms with E-state index in [0.717, 1.165) is 0 Å². The minimum Gasteiger partial charge on any atom is -0.396 e. The molecule has 4 heteroatoms. The largest absolute Gasteiger partial charge is 0.396 e. The summed E-state index contributed by atoms with van der Waals surface area (Å²) in [4.78, 5) is -0.473. The molecule has 0 radical (unpaired) electrons. The molecule has 0 aromatic heterocycles. The fourth-order valence-corrected chi connectivity index (χ4v) is 1.54. The first-order valence-corrected chi connectivity index (χ1v) is 4.16. The van der Waals surface area contributed by atoms with Gasteiger partial charge >= 0.3 is 0 Å². The van der Waals surface area contributed by atoms with Crippen LogP contribution in [0.1, 0.15) is 0 Å². The van der Waals surface area contributed by atoms with Crippen molar-refractivity contribution in [3.63, 3.8) is 0 Å². The molecule has 8 heavy (non-hydrogen) atoms. The van der Waals surface area contributed by atoms with Crippen LogP contribution in [0.2, 0.25) is 0 Å². The molecule has 1 atom stereocenters. The molecule has 0 rings (SSSR count). The highest BCUT2D eigenvalue weighted by molar-refractivity contribution is 9.09. The Balaban J connectivity index is 3.35. The number of halogens is 3. The Morgan fingerprint density at radius 3 is 2.00 bits per heavy atom. The highest BCUT2D eigenvalue weighted by atomic mass is 79.9. The van der Waals surface area contributed by atoms with Crippen molar-refractivity contribution in [2.24, 2.45) is 5.92 Å². The highest BCUT2D eigenvalue weighted by Gasteiger charge is 2.13. The van der Waals surface area contributed by atoms with Gasteiger partial charge in [0.1, 0.15) is 4.84 Å². The Bertz CT molecular complexity index is 56.0. The maximum absolute atomic E-state index is 8.50. The van der Waals surface area contributed by atoms with Crippen LogP contribution in [-0.4, -0.2) is 21.9 Å². The van der Waals surface area contributed by atoms with E-state index in [1.165, 1.54) is 0 Å². The smallest absolute Gasteiger partial charge is 0.113 e. The number of aliphatic hydroxyl groups excluding tert-OH is 1. The van der Waals surface area contributed by atoms with E-state index >= 15 is 0 Å². The van der Waals surface area contributed by atoms with Crippen LogP contribution in [0.4, 0.5) is 0 Å². The molecule has 1 N–H and O–H groups in total. The molecular formula is C4H7BrCl2O. The van der Waals surface area contributed by atoms with Gasteiger partial charge in [0.25, 0.3) is 0 Å². The van der Waals surface area contributed by atoms with Crippen LogP contribution in [0.25, 0.3) is 0 Å². The van der Waals surface area contributed by atoms with Crippen LogP contribution in [-0.2, 0) is 0 Å². The second kappa shape index (κ2) is 4.86. The average Bonchev–Trinajstić information content (AvgIpc) is 1.69. The zero-order valence-electron chi connectivity index (χ0n) is 4.15. The minimum atomic E-state index is -0.473. The molecule has 0 aromatic rings. The minimum absolute atomic E-state index is 0.0307. The first kappa shape index (κ1) is 9.02. The van der Waals surface area contributed by atoms with Gasteiger partial charge in [0.05, 0.1) is 0 Å². The summed E-state index contributed by atoms with van der Waals surface area (Å²) in [5, 5.41) is 9.14. The van der Waals surface area contributed by atoms with E-state index in [4.69, 9.17) is 28.3 Å². The topological polar surface area (TPSA) is 20.2 Å². The lowest BCUT2D eigenvalue weighted by Crippen LogP contribution is -2.14. The lowest BCUT2D eigenvalue weighted by molar-refractivity contribution is 0.248. The van der Waals surface area contributed by atoms with Gasteiger partial charge in [-0.15, -0.1) is 23.2 Å². The van der Waals surface area contributed by atoms with Crippen molar-refractivity contribution in [3.8, 4) is 0 Å². The molecule has 0 heterocycles. The van der Waals surface area contributed by atoms with Gasteiger partial charge in [0.15, 0.2) is 0 Å². The maximum Gasteiger partial charge on any atom is 0.113 e. The summed E-state index contributed by atoms with van der Waals surface area (Å²) in [6.07, 6.45) is 0. The van der Waals surface area contributed by atoms with Crippen LogP contribution in [0.3, 0.4) is 0 Å². The molecule has 0 aliphatic heterocycles. The van der Waals surface area contributed by atoms with E-state index < -0.39 is 4.84 Å². The summed E-state index contributed by atoms with van der Waals surface area (Å²) in [5.41, 5.74) is 0. The van der Waals surface area contributed by atoms with Gasteiger partial charge in [-0.3, -0.25) is 0 Å². The molecule has 50 valence electrons. The van der Waals surface area contributed by atoms with E-state index in [0.29, 0.717) is 5.33 Å². The molecule has 0 amide bonds. The molecule has 0 saturated carbocycles. The van der Waals surface area contributed by atoms with E-state index in [2.05, 4.69) is 15.9 Å². The summed E-state index contributed by atoms with van der Waals surface area (Å²) >= 11 is 14.0. The van der Waals surface area contributed by atoms with Crippen LogP contribution < -0.4 is 0 Å². The molecule has 0 aromatic carbocycles. The zero-order valence-corrected chi connectivity index (χ0v) is 7.25. The van der Waals surface area contributed by atoms with E-state index in [1.54, 1.807) is 0 Å². The maximum atomic E-state index is 8.50. The summed E-state index contributed by atoms with van der Waals surface area (Å²) in [6.45, 7) is 0.0307. The van der Waals surface area contributed by atoms with Gasteiger partial charge in [-0.1, -0.05) is 15.9 Å². The normalized spacial score (nSPS) is 14.6. The summed E-state index contributed by atoms with van der Waals surface area (Å²) in [5.74, 6) is -0.0432. The van der Waals surface area contributed by atoms with Gasteiger partial charge in [0, 0.05) is 17.9 Å². The van der Waals surface area contributed by atoms with Crippen molar-refractivity contribution in [2.45, 2.75) is 4.84 Å². The van der Waals surface area contributed by atoms with Gasteiger partial charge < -0.3 is 5.11 Å². The molecule has 1 nitrogen and oxygen atoms in total. The third kappa shape index (κ3) is 3.13. The average molecular weight is 222 g/mol. The highest BCUT2D eigenvalue weighted by Crippen LogP contribution is 2.16. The Morgan fingerprint density at radius 1 is 1.50 bits per heavy atom. The monoisotopic (exact) mass is 220 g/mol. The van der Waals surface area contributed by atoms with Crippen molar-refractivity contribution >= 4 is 39.1 Å². The number of hydrogen-bond donors (Lipinski definition) is 1. The standard InChI is InChI=1S/C4H7BrCl2O/c5-1-3(2-8)4(6)7/h3-4,8H,1-2H2. The number of rotatable bonds is 3. The first-order chi connectivity index (χ1) is 3.72. The molecule has 1 unspecified atom stereocenters. The Morgan fingerprint density at radius 2 is 2.00 bits per heavy atom. The van der Waals surface area contributed by atoms with Gasteiger partial charge in [-0.2, -0.15) is 0 Å². The number of aliphatic hydroxyl groups is 1. The predicted molar refractivity (Wildman–Crippen MR) is 39.9 cm³/mol. The van der Waals surface area contributed by atoms with Gasteiger partial charge in [-0.05, 0) is 0 Å². The molecule has 0 spiro atoms. The van der Waals surface area contributed by atoms with Crippen LogP contribution >= 0.6 is 39.1 Å². The third-order valence-corrected chi connectivity index (χ3v) is 2.33. The molecule has 0 saturated heterocycles. The second-order valence-electron chi connectivity index (χ2n) is 1.43. The summed E-state index contributed by atoms with van der Waals surface area (Å²) < 4.78 is 0. The molecule has 0 aliphatic rings. The van der Waals surface area contributed by atoms with Crippen molar-refractivity contribution in [3.05, 3.63) is 0 Å². The predicted octanol–water partition coefficient (Wildman–Crippen LogP) is 1.79. The first-order valence-electron chi connectivity index (χ1n) is 2.17. The zero-order chi connectivity index (χ0) is 6.57. The molecule has 0 aliphatic carbocycles. The summed E-state index contributed by atoms with van der Waals surface area (Å²) in [6, 6.07) is 0. The fraction of sp³-hybridized carbons (Fsp3) is 1.00. The van der Waals surface area contributed by atoms with E-state index in [9.17, 15) is 0 Å². The molecular weight excluding hydrogens is 215 g/mol.